The Labute approximate surface area is 220 Å². The van der Waals surface area contributed by atoms with E-state index in [-0.39, 0.29) is 12.5 Å². The summed E-state index contributed by atoms with van der Waals surface area (Å²) < 4.78 is 26.6. The zero-order valence-electron chi connectivity index (χ0n) is 21.1. The standard InChI is InChI=1S/C27H34FN5O5/c28-19-8-11-23(29)24(13-19)30-26(36)5-3-1-2-4-12-33-16-25(31-32-33)18-6-9-21(10-7-18)37-27-15-20(35)14-22(17-34)38-27/h6-11,13,16,20,22,27,34-35H,1-5,12,14-15,17,29H2,(H,30,36)/t20-,22-,27-/m0/s1. The summed E-state index contributed by atoms with van der Waals surface area (Å²) in [7, 11) is 0. The van der Waals surface area contributed by atoms with E-state index in [0.29, 0.717) is 42.9 Å². The Morgan fingerprint density at radius 2 is 1.95 bits per heavy atom. The van der Waals surface area contributed by atoms with Gasteiger partial charge in [-0.2, -0.15) is 0 Å². The number of ether oxygens (including phenoxy) is 2. The first kappa shape index (κ1) is 27.5. The SMILES string of the molecule is Nc1ccc(F)cc1NC(=O)CCCCCCn1cc(-c2ccc(O[C@@H]3C[C@@H](O)C[C@@H](CO)O3)cc2)nn1. The van der Waals surface area contributed by atoms with E-state index in [2.05, 4.69) is 15.6 Å². The number of hydrogen-bond acceptors (Lipinski definition) is 8. The van der Waals surface area contributed by atoms with E-state index in [1.807, 2.05) is 30.5 Å². The molecule has 204 valence electrons. The lowest BCUT2D eigenvalue weighted by Crippen LogP contribution is -2.40. The number of benzene rings is 2. The molecule has 1 amide bonds. The number of nitrogens with two attached hydrogens (primary N) is 1. The molecule has 1 aliphatic rings. The van der Waals surface area contributed by atoms with Crippen molar-refractivity contribution in [2.45, 2.75) is 70.0 Å². The first-order valence-electron chi connectivity index (χ1n) is 12.9. The van der Waals surface area contributed by atoms with Gasteiger partial charge in [0, 0.05) is 31.4 Å². The summed E-state index contributed by atoms with van der Waals surface area (Å²) in [4.78, 5) is 12.1. The number of hydrogen-bond donors (Lipinski definition) is 4. The van der Waals surface area contributed by atoms with E-state index in [1.165, 1.54) is 18.2 Å². The maximum Gasteiger partial charge on any atom is 0.224 e. The molecule has 0 spiro atoms. The molecular formula is C27H34FN5O5. The summed E-state index contributed by atoms with van der Waals surface area (Å²) in [6.07, 6.45) is 4.83. The third-order valence-corrected chi connectivity index (χ3v) is 6.33. The van der Waals surface area contributed by atoms with Crippen molar-refractivity contribution in [1.29, 1.82) is 0 Å². The lowest BCUT2D eigenvalue weighted by Gasteiger charge is -2.32. The van der Waals surface area contributed by atoms with Crippen LogP contribution in [0.25, 0.3) is 11.3 Å². The fourth-order valence-corrected chi connectivity index (χ4v) is 4.30. The predicted octanol–water partition coefficient (Wildman–Crippen LogP) is 3.49. The molecule has 4 rings (SSSR count). The number of anilines is 2. The van der Waals surface area contributed by atoms with Crippen LogP contribution in [0.3, 0.4) is 0 Å². The van der Waals surface area contributed by atoms with Crippen LogP contribution in [0, 0.1) is 5.82 Å². The molecule has 0 radical (unpaired) electrons. The molecule has 0 bridgehead atoms. The number of carbonyl (C=O) groups excluding carboxylic acids is 1. The van der Waals surface area contributed by atoms with E-state index in [9.17, 15) is 19.4 Å². The average molecular weight is 528 g/mol. The lowest BCUT2D eigenvalue weighted by molar-refractivity contribution is -0.184. The van der Waals surface area contributed by atoms with Crippen LogP contribution in [0.4, 0.5) is 15.8 Å². The Hall–Kier alpha value is -3.54. The Balaban J connectivity index is 1.15. The van der Waals surface area contributed by atoms with Gasteiger partial charge in [-0.1, -0.05) is 18.1 Å². The number of amides is 1. The number of unbranched alkanes of at least 4 members (excludes halogenated alkanes) is 3. The first-order valence-corrected chi connectivity index (χ1v) is 12.9. The van der Waals surface area contributed by atoms with Crippen molar-refractivity contribution in [3.8, 4) is 17.0 Å². The third-order valence-electron chi connectivity index (χ3n) is 6.33. The molecule has 2 aromatic carbocycles. The molecule has 3 aromatic rings. The molecule has 5 N–H and O–H groups in total. The number of halogens is 1. The largest absolute Gasteiger partial charge is 0.465 e. The molecule has 0 saturated carbocycles. The van der Waals surface area contributed by atoms with E-state index < -0.39 is 24.3 Å². The molecule has 1 fully saturated rings. The van der Waals surface area contributed by atoms with E-state index >= 15 is 0 Å². The fraction of sp³-hybridized carbons (Fsp3) is 0.444. The van der Waals surface area contributed by atoms with Crippen LogP contribution in [0.1, 0.15) is 44.9 Å². The smallest absolute Gasteiger partial charge is 0.224 e. The van der Waals surface area contributed by atoms with Crippen LogP contribution in [0.5, 0.6) is 5.75 Å². The number of nitrogens with one attached hydrogen (secondary N) is 1. The molecule has 11 heteroatoms. The van der Waals surface area contributed by atoms with Crippen LogP contribution >= 0.6 is 0 Å². The highest BCUT2D eigenvalue weighted by molar-refractivity contribution is 5.93. The lowest BCUT2D eigenvalue weighted by atomic mass is 10.1. The van der Waals surface area contributed by atoms with Gasteiger partial charge in [-0.3, -0.25) is 9.48 Å². The van der Waals surface area contributed by atoms with Gasteiger partial charge in [-0.05, 0) is 55.3 Å². The van der Waals surface area contributed by atoms with Crippen molar-refractivity contribution in [3.63, 3.8) is 0 Å². The molecule has 1 aromatic heterocycles. The molecule has 1 aliphatic heterocycles. The quantitative estimate of drug-likeness (QED) is 0.207. The molecular weight excluding hydrogens is 493 g/mol. The van der Waals surface area contributed by atoms with Crippen LogP contribution < -0.4 is 15.8 Å². The topological polar surface area (TPSA) is 145 Å². The van der Waals surface area contributed by atoms with Crippen molar-refractivity contribution in [2.75, 3.05) is 17.7 Å². The summed E-state index contributed by atoms with van der Waals surface area (Å²) in [5.41, 5.74) is 8.04. The Morgan fingerprint density at radius 3 is 2.74 bits per heavy atom. The van der Waals surface area contributed by atoms with Crippen LogP contribution in [0.2, 0.25) is 0 Å². The number of aliphatic hydroxyl groups excluding tert-OH is 2. The van der Waals surface area contributed by atoms with Gasteiger partial charge in [0.15, 0.2) is 0 Å². The molecule has 38 heavy (non-hydrogen) atoms. The Kier molecular flexibility index (Phi) is 9.63. The summed E-state index contributed by atoms with van der Waals surface area (Å²) in [5.74, 6) is -0.0245. The molecule has 10 nitrogen and oxygen atoms in total. The van der Waals surface area contributed by atoms with Crippen LogP contribution in [-0.4, -0.2) is 56.2 Å². The van der Waals surface area contributed by atoms with Gasteiger partial charge in [0.25, 0.3) is 0 Å². The second-order valence-electron chi connectivity index (χ2n) is 9.45. The van der Waals surface area contributed by atoms with Gasteiger partial charge < -0.3 is 30.7 Å². The normalized spacial score (nSPS) is 19.3. The highest BCUT2D eigenvalue weighted by atomic mass is 19.1. The number of aryl methyl sites for hydroxylation is 1. The second kappa shape index (κ2) is 13.3. The summed E-state index contributed by atoms with van der Waals surface area (Å²) >= 11 is 0. The minimum absolute atomic E-state index is 0.156. The average Bonchev–Trinajstić information content (AvgIpc) is 3.37. The third kappa shape index (κ3) is 7.98. The fourth-order valence-electron chi connectivity index (χ4n) is 4.30. The van der Waals surface area contributed by atoms with Gasteiger partial charge in [0.1, 0.15) is 17.3 Å². The summed E-state index contributed by atoms with van der Waals surface area (Å²) in [5, 5.41) is 30.3. The zero-order valence-corrected chi connectivity index (χ0v) is 21.1. The highest BCUT2D eigenvalue weighted by Gasteiger charge is 2.29. The number of aromatic nitrogens is 3. The molecule has 0 unspecified atom stereocenters. The van der Waals surface area contributed by atoms with Gasteiger partial charge in [-0.15, -0.1) is 5.10 Å². The molecule has 2 heterocycles. The summed E-state index contributed by atoms with van der Waals surface area (Å²) in [6, 6.07) is 11.3. The van der Waals surface area contributed by atoms with E-state index in [4.69, 9.17) is 15.2 Å². The Bertz CT molecular complexity index is 1190. The number of aliphatic hydroxyl groups is 2. The maximum absolute atomic E-state index is 13.3. The zero-order chi connectivity index (χ0) is 26.9. The first-order chi connectivity index (χ1) is 18.4. The van der Waals surface area contributed by atoms with Crippen molar-refractivity contribution >= 4 is 17.3 Å². The summed E-state index contributed by atoms with van der Waals surface area (Å²) in [6.45, 7) is 0.560. The predicted molar refractivity (Wildman–Crippen MR) is 140 cm³/mol. The van der Waals surface area contributed by atoms with E-state index in [0.717, 1.165) is 36.9 Å². The second-order valence-corrected chi connectivity index (χ2v) is 9.45. The van der Waals surface area contributed by atoms with Crippen molar-refractivity contribution < 1.29 is 28.9 Å². The van der Waals surface area contributed by atoms with Crippen molar-refractivity contribution in [3.05, 3.63) is 54.5 Å². The Morgan fingerprint density at radius 1 is 1.16 bits per heavy atom. The van der Waals surface area contributed by atoms with Gasteiger partial charge in [-0.25, -0.2) is 4.39 Å². The number of nitrogen functional groups attached to an aromatic ring is 1. The monoisotopic (exact) mass is 527 g/mol. The molecule has 3 atom stereocenters. The number of nitrogens with zero attached hydrogens (tertiary/aromatic N) is 3. The highest BCUT2D eigenvalue weighted by Crippen LogP contribution is 2.25. The van der Waals surface area contributed by atoms with E-state index in [1.54, 1.807) is 4.68 Å². The van der Waals surface area contributed by atoms with Crippen LogP contribution in [0.15, 0.2) is 48.7 Å². The maximum atomic E-state index is 13.3. The van der Waals surface area contributed by atoms with Crippen molar-refractivity contribution in [2.24, 2.45) is 0 Å². The number of rotatable bonds is 12. The van der Waals surface area contributed by atoms with Gasteiger partial charge in [0.2, 0.25) is 12.2 Å². The molecule has 1 saturated heterocycles. The van der Waals surface area contributed by atoms with Gasteiger partial charge in [0.05, 0.1) is 36.4 Å². The minimum Gasteiger partial charge on any atom is -0.465 e. The molecule has 0 aliphatic carbocycles. The van der Waals surface area contributed by atoms with Crippen molar-refractivity contribution in [1.82, 2.24) is 15.0 Å². The van der Waals surface area contributed by atoms with Gasteiger partial charge >= 0.3 is 0 Å². The van der Waals surface area contributed by atoms with Crippen LogP contribution in [-0.2, 0) is 16.1 Å². The minimum atomic E-state index is -0.607. The number of carbonyl (C=O) groups is 1.